The molecule has 0 amide bonds. The third-order valence-electron chi connectivity index (χ3n) is 5.20. The van der Waals surface area contributed by atoms with Crippen molar-refractivity contribution in [2.75, 3.05) is 13.2 Å². The number of fused-ring (bicyclic) bond motifs is 1. The van der Waals surface area contributed by atoms with Crippen LogP contribution < -0.4 is 0 Å². The standard InChI is InChI=1S/C14H22O4/c1-12(2)11-13(3,5-4-10(15)18-11)6-7-14(12)16-8-9-17-14/h11H,4-9H2,1-3H3. The molecule has 18 heavy (non-hydrogen) atoms. The summed E-state index contributed by atoms with van der Waals surface area (Å²) in [7, 11) is 0. The van der Waals surface area contributed by atoms with Crippen molar-refractivity contribution in [2.24, 2.45) is 10.8 Å². The van der Waals surface area contributed by atoms with Crippen molar-refractivity contribution < 1.29 is 19.0 Å². The second-order valence-electron chi connectivity index (χ2n) is 6.70. The van der Waals surface area contributed by atoms with Gasteiger partial charge in [-0.1, -0.05) is 20.8 Å². The van der Waals surface area contributed by atoms with Crippen molar-refractivity contribution in [3.63, 3.8) is 0 Å². The zero-order valence-corrected chi connectivity index (χ0v) is 11.5. The van der Waals surface area contributed by atoms with E-state index in [9.17, 15) is 4.79 Å². The smallest absolute Gasteiger partial charge is 0.306 e. The molecule has 2 saturated heterocycles. The Morgan fingerprint density at radius 1 is 1.06 bits per heavy atom. The van der Waals surface area contributed by atoms with Crippen LogP contribution in [0.25, 0.3) is 0 Å². The normalized spacial score (nSPS) is 41.5. The molecule has 0 aromatic rings. The topological polar surface area (TPSA) is 44.8 Å². The van der Waals surface area contributed by atoms with Crippen molar-refractivity contribution in [3.8, 4) is 0 Å². The Balaban J connectivity index is 1.97. The van der Waals surface area contributed by atoms with Gasteiger partial charge in [0.2, 0.25) is 0 Å². The first kappa shape index (κ1) is 12.4. The molecule has 2 aliphatic heterocycles. The lowest BCUT2D eigenvalue weighted by Crippen LogP contribution is -2.64. The average molecular weight is 254 g/mol. The van der Waals surface area contributed by atoms with Crippen LogP contribution in [-0.2, 0) is 19.0 Å². The van der Waals surface area contributed by atoms with Crippen LogP contribution >= 0.6 is 0 Å². The van der Waals surface area contributed by atoms with Crippen molar-refractivity contribution >= 4 is 5.97 Å². The van der Waals surface area contributed by atoms with E-state index in [1.54, 1.807) is 0 Å². The van der Waals surface area contributed by atoms with E-state index in [0.29, 0.717) is 19.6 Å². The quantitative estimate of drug-likeness (QED) is 0.622. The predicted molar refractivity (Wildman–Crippen MR) is 64.9 cm³/mol. The Morgan fingerprint density at radius 3 is 2.39 bits per heavy atom. The van der Waals surface area contributed by atoms with Crippen molar-refractivity contribution in [3.05, 3.63) is 0 Å². The highest BCUT2D eigenvalue weighted by Crippen LogP contribution is 2.58. The van der Waals surface area contributed by atoms with Crippen molar-refractivity contribution in [2.45, 2.75) is 58.3 Å². The van der Waals surface area contributed by atoms with Gasteiger partial charge in [-0.25, -0.2) is 0 Å². The molecule has 0 aromatic heterocycles. The largest absolute Gasteiger partial charge is 0.461 e. The number of hydrogen-bond donors (Lipinski definition) is 0. The zero-order valence-electron chi connectivity index (χ0n) is 11.5. The molecule has 3 rings (SSSR count). The van der Waals surface area contributed by atoms with Gasteiger partial charge in [-0.05, 0) is 12.8 Å². The van der Waals surface area contributed by atoms with E-state index < -0.39 is 5.79 Å². The Morgan fingerprint density at radius 2 is 1.72 bits per heavy atom. The van der Waals surface area contributed by atoms with Gasteiger partial charge in [-0.2, -0.15) is 0 Å². The molecular weight excluding hydrogens is 232 g/mol. The number of esters is 1. The molecule has 102 valence electrons. The first-order valence-corrected chi connectivity index (χ1v) is 6.87. The summed E-state index contributed by atoms with van der Waals surface area (Å²) in [6.45, 7) is 7.73. The molecule has 0 bridgehead atoms. The van der Waals surface area contributed by atoms with E-state index in [4.69, 9.17) is 14.2 Å². The highest BCUT2D eigenvalue weighted by Gasteiger charge is 2.64. The van der Waals surface area contributed by atoms with Crippen molar-refractivity contribution in [1.29, 1.82) is 0 Å². The molecule has 1 saturated carbocycles. The molecule has 3 aliphatic rings. The van der Waals surface area contributed by atoms with Crippen LogP contribution in [-0.4, -0.2) is 31.1 Å². The molecule has 0 aromatic carbocycles. The fraction of sp³-hybridized carbons (Fsp3) is 0.929. The summed E-state index contributed by atoms with van der Waals surface area (Å²) in [4.78, 5) is 11.6. The van der Waals surface area contributed by atoms with Gasteiger partial charge in [0.25, 0.3) is 0 Å². The van der Waals surface area contributed by atoms with Crippen LogP contribution in [0.3, 0.4) is 0 Å². The first-order valence-electron chi connectivity index (χ1n) is 6.87. The highest BCUT2D eigenvalue weighted by atomic mass is 16.7. The molecule has 1 aliphatic carbocycles. The number of carbonyl (C=O) groups is 1. The van der Waals surface area contributed by atoms with Crippen LogP contribution in [0.5, 0.6) is 0 Å². The molecule has 4 nitrogen and oxygen atoms in total. The van der Waals surface area contributed by atoms with Crippen LogP contribution in [0.4, 0.5) is 0 Å². The summed E-state index contributed by atoms with van der Waals surface area (Å²) in [5.74, 6) is -0.643. The third kappa shape index (κ3) is 1.48. The highest BCUT2D eigenvalue weighted by molar-refractivity contribution is 5.70. The molecule has 2 heterocycles. The fourth-order valence-electron chi connectivity index (χ4n) is 4.07. The molecule has 2 unspecified atom stereocenters. The number of hydrogen-bond acceptors (Lipinski definition) is 4. The van der Waals surface area contributed by atoms with Crippen LogP contribution in [0.2, 0.25) is 0 Å². The molecule has 0 radical (unpaired) electrons. The summed E-state index contributed by atoms with van der Waals surface area (Å²) in [5, 5.41) is 0. The lowest BCUT2D eigenvalue weighted by atomic mass is 9.56. The monoisotopic (exact) mass is 254 g/mol. The summed E-state index contributed by atoms with van der Waals surface area (Å²) in [6.07, 6.45) is 3.23. The minimum atomic E-state index is -0.561. The predicted octanol–water partition coefficient (Wildman–Crippen LogP) is 2.26. The second kappa shape index (κ2) is 3.70. The summed E-state index contributed by atoms with van der Waals surface area (Å²) in [6, 6.07) is 0. The van der Waals surface area contributed by atoms with Gasteiger partial charge < -0.3 is 14.2 Å². The van der Waals surface area contributed by atoms with E-state index in [1.807, 2.05) is 0 Å². The second-order valence-corrected chi connectivity index (χ2v) is 6.70. The first-order chi connectivity index (χ1) is 8.40. The fourth-order valence-corrected chi connectivity index (χ4v) is 4.07. The third-order valence-corrected chi connectivity index (χ3v) is 5.20. The van der Waals surface area contributed by atoms with E-state index in [1.165, 1.54) is 0 Å². The van der Waals surface area contributed by atoms with Gasteiger partial charge in [0.05, 0.1) is 18.6 Å². The van der Waals surface area contributed by atoms with Crippen molar-refractivity contribution in [1.82, 2.24) is 0 Å². The van der Waals surface area contributed by atoms with E-state index in [2.05, 4.69) is 20.8 Å². The van der Waals surface area contributed by atoms with Gasteiger partial charge in [0, 0.05) is 18.3 Å². The molecule has 2 atom stereocenters. The summed E-state index contributed by atoms with van der Waals surface area (Å²) < 4.78 is 17.5. The minimum absolute atomic E-state index is 0.0674. The molecule has 0 N–H and O–H groups in total. The zero-order chi connectivity index (χ0) is 13.0. The van der Waals surface area contributed by atoms with Gasteiger partial charge in [-0.15, -0.1) is 0 Å². The van der Waals surface area contributed by atoms with Gasteiger partial charge in [0.1, 0.15) is 6.10 Å². The summed E-state index contributed by atoms with van der Waals surface area (Å²) in [5.41, 5.74) is -0.232. The van der Waals surface area contributed by atoms with E-state index in [-0.39, 0.29) is 22.9 Å². The Labute approximate surface area is 108 Å². The SMILES string of the molecule is CC12CCC(=O)OC1C(C)(C)C1(CC2)OCCO1. The number of carbonyl (C=O) groups excluding carboxylic acids is 1. The number of rotatable bonds is 0. The maximum Gasteiger partial charge on any atom is 0.306 e. The van der Waals surface area contributed by atoms with Gasteiger partial charge in [0.15, 0.2) is 5.79 Å². The van der Waals surface area contributed by atoms with E-state index >= 15 is 0 Å². The minimum Gasteiger partial charge on any atom is -0.461 e. The van der Waals surface area contributed by atoms with Gasteiger partial charge in [-0.3, -0.25) is 4.79 Å². The van der Waals surface area contributed by atoms with Gasteiger partial charge >= 0.3 is 5.97 Å². The molecule has 4 heteroatoms. The van der Waals surface area contributed by atoms with Crippen LogP contribution in [0, 0.1) is 10.8 Å². The number of ether oxygens (including phenoxy) is 3. The lowest BCUT2D eigenvalue weighted by molar-refractivity contribution is -0.305. The Hall–Kier alpha value is -0.610. The molecule has 1 spiro atoms. The Kier molecular flexibility index (Phi) is 2.55. The summed E-state index contributed by atoms with van der Waals surface area (Å²) >= 11 is 0. The average Bonchev–Trinajstić information content (AvgIpc) is 2.79. The molecular formula is C14H22O4. The van der Waals surface area contributed by atoms with Crippen LogP contribution in [0.15, 0.2) is 0 Å². The van der Waals surface area contributed by atoms with E-state index in [0.717, 1.165) is 19.3 Å². The maximum atomic E-state index is 11.6. The molecule has 3 fully saturated rings. The maximum absolute atomic E-state index is 11.6. The Bertz CT molecular complexity index is 370. The van der Waals surface area contributed by atoms with Crippen LogP contribution in [0.1, 0.15) is 46.5 Å². The lowest BCUT2D eigenvalue weighted by Gasteiger charge is -2.58.